The predicted molar refractivity (Wildman–Crippen MR) is 76.7 cm³/mol. The molecule has 0 spiro atoms. The molecule has 3 rings (SSSR count). The Bertz CT molecular complexity index is 595. The molecule has 1 atom stereocenters. The summed E-state index contributed by atoms with van der Waals surface area (Å²) in [5, 5.41) is 3.43. The van der Waals surface area contributed by atoms with Gasteiger partial charge in [0, 0.05) is 6.04 Å². The van der Waals surface area contributed by atoms with Crippen LogP contribution in [0.3, 0.4) is 0 Å². The first kappa shape index (κ1) is 12.0. The van der Waals surface area contributed by atoms with E-state index in [4.69, 9.17) is 5.73 Å². The van der Waals surface area contributed by atoms with Crippen LogP contribution in [0.1, 0.15) is 17.5 Å². The smallest absolute Gasteiger partial charge is 0.125 e. The Morgan fingerprint density at radius 3 is 2.68 bits per heavy atom. The summed E-state index contributed by atoms with van der Waals surface area (Å²) in [6.07, 6.45) is 3.15. The average Bonchev–Trinajstić information content (AvgIpc) is 2.42. The number of rotatable bonds is 2. The van der Waals surface area contributed by atoms with Crippen molar-refractivity contribution in [2.75, 3.05) is 11.1 Å². The van der Waals surface area contributed by atoms with Crippen LogP contribution in [-0.4, -0.2) is 6.04 Å². The number of nitrogen functional groups attached to an aromatic ring is 1. The monoisotopic (exact) mass is 256 g/mol. The van der Waals surface area contributed by atoms with Gasteiger partial charge in [-0.1, -0.05) is 24.3 Å². The predicted octanol–water partition coefficient (Wildman–Crippen LogP) is 3.38. The van der Waals surface area contributed by atoms with Gasteiger partial charge in [-0.2, -0.15) is 0 Å². The van der Waals surface area contributed by atoms with E-state index in [1.54, 1.807) is 6.07 Å². The van der Waals surface area contributed by atoms with Crippen molar-refractivity contribution in [1.82, 2.24) is 0 Å². The standard InChI is InChI=1S/C16H17FN2/c17-13-6-8-16(15(18)10-13)19-14-7-5-11-3-1-2-4-12(11)9-14/h1-4,6,8,10,14,19H,5,7,9,18H2. The number of nitrogens with two attached hydrogens (primary N) is 1. The molecule has 1 aliphatic rings. The number of anilines is 2. The molecule has 0 saturated heterocycles. The third-order valence-corrected chi connectivity index (χ3v) is 3.72. The number of nitrogens with one attached hydrogen (secondary N) is 1. The third kappa shape index (κ3) is 2.55. The van der Waals surface area contributed by atoms with Gasteiger partial charge in [0.15, 0.2) is 0 Å². The Balaban J connectivity index is 1.75. The summed E-state index contributed by atoms with van der Waals surface area (Å²) >= 11 is 0. The first-order valence-electron chi connectivity index (χ1n) is 6.61. The number of benzene rings is 2. The summed E-state index contributed by atoms with van der Waals surface area (Å²) in [4.78, 5) is 0. The number of halogens is 1. The molecule has 1 unspecified atom stereocenters. The van der Waals surface area contributed by atoms with Gasteiger partial charge in [0.05, 0.1) is 11.4 Å². The Morgan fingerprint density at radius 2 is 1.89 bits per heavy atom. The van der Waals surface area contributed by atoms with E-state index in [0.717, 1.165) is 24.9 Å². The lowest BCUT2D eigenvalue weighted by molar-refractivity contribution is 0.609. The zero-order chi connectivity index (χ0) is 13.2. The summed E-state index contributed by atoms with van der Waals surface area (Å²) in [6.45, 7) is 0. The fourth-order valence-electron chi connectivity index (χ4n) is 2.71. The van der Waals surface area contributed by atoms with Gasteiger partial charge in [-0.05, 0) is 48.6 Å². The molecule has 0 radical (unpaired) electrons. The van der Waals surface area contributed by atoms with Gasteiger partial charge in [0.2, 0.25) is 0 Å². The minimum atomic E-state index is -0.294. The summed E-state index contributed by atoms with van der Waals surface area (Å²) in [5.41, 5.74) is 9.96. The largest absolute Gasteiger partial charge is 0.397 e. The molecule has 3 N–H and O–H groups in total. The van der Waals surface area contributed by atoms with E-state index in [9.17, 15) is 4.39 Å². The maximum Gasteiger partial charge on any atom is 0.125 e. The van der Waals surface area contributed by atoms with Gasteiger partial charge >= 0.3 is 0 Å². The van der Waals surface area contributed by atoms with Crippen LogP contribution in [0, 0.1) is 5.82 Å². The summed E-state index contributed by atoms with van der Waals surface area (Å²) in [6, 6.07) is 13.4. The van der Waals surface area contributed by atoms with Crippen LogP contribution in [-0.2, 0) is 12.8 Å². The van der Waals surface area contributed by atoms with Crippen LogP contribution in [0.25, 0.3) is 0 Å². The van der Waals surface area contributed by atoms with Gasteiger partial charge in [-0.15, -0.1) is 0 Å². The second kappa shape index (κ2) is 4.92. The summed E-state index contributed by atoms with van der Waals surface area (Å²) < 4.78 is 13.0. The molecule has 0 saturated carbocycles. The second-order valence-corrected chi connectivity index (χ2v) is 5.08. The maximum atomic E-state index is 13.0. The number of hydrogen-bond acceptors (Lipinski definition) is 2. The van der Waals surface area contributed by atoms with E-state index in [0.29, 0.717) is 11.7 Å². The molecule has 2 aromatic rings. The number of aryl methyl sites for hydroxylation is 1. The van der Waals surface area contributed by atoms with Crippen LogP contribution in [0.2, 0.25) is 0 Å². The molecule has 2 nitrogen and oxygen atoms in total. The fraction of sp³-hybridized carbons (Fsp3) is 0.250. The normalized spacial score (nSPS) is 17.8. The molecule has 0 aliphatic heterocycles. The quantitative estimate of drug-likeness (QED) is 0.808. The fourth-order valence-corrected chi connectivity index (χ4v) is 2.71. The van der Waals surface area contributed by atoms with Crippen molar-refractivity contribution in [3.63, 3.8) is 0 Å². The zero-order valence-corrected chi connectivity index (χ0v) is 10.7. The average molecular weight is 256 g/mol. The molecular formula is C16H17FN2. The molecule has 0 bridgehead atoms. The van der Waals surface area contributed by atoms with E-state index in [2.05, 4.69) is 29.6 Å². The Kier molecular flexibility index (Phi) is 3.11. The minimum Gasteiger partial charge on any atom is -0.397 e. The van der Waals surface area contributed by atoms with Crippen molar-refractivity contribution < 1.29 is 4.39 Å². The zero-order valence-electron chi connectivity index (χ0n) is 10.7. The Labute approximate surface area is 112 Å². The first-order chi connectivity index (χ1) is 9.22. The van der Waals surface area contributed by atoms with Crippen molar-refractivity contribution in [1.29, 1.82) is 0 Å². The minimum absolute atomic E-state index is 0.294. The molecule has 3 heteroatoms. The molecule has 1 aliphatic carbocycles. The van der Waals surface area contributed by atoms with Crippen LogP contribution >= 0.6 is 0 Å². The molecule has 0 amide bonds. The van der Waals surface area contributed by atoms with Gasteiger partial charge in [0.25, 0.3) is 0 Å². The molecule has 2 aromatic carbocycles. The Hall–Kier alpha value is -2.03. The first-order valence-corrected chi connectivity index (χ1v) is 6.61. The molecule has 19 heavy (non-hydrogen) atoms. The highest BCUT2D eigenvalue weighted by atomic mass is 19.1. The van der Waals surface area contributed by atoms with Gasteiger partial charge < -0.3 is 11.1 Å². The van der Waals surface area contributed by atoms with Crippen molar-refractivity contribution in [3.05, 3.63) is 59.4 Å². The van der Waals surface area contributed by atoms with Crippen molar-refractivity contribution in [3.8, 4) is 0 Å². The second-order valence-electron chi connectivity index (χ2n) is 5.08. The lowest BCUT2D eigenvalue weighted by Gasteiger charge is -2.26. The van der Waals surface area contributed by atoms with Gasteiger partial charge in [0.1, 0.15) is 5.82 Å². The van der Waals surface area contributed by atoms with Crippen LogP contribution in [0.4, 0.5) is 15.8 Å². The summed E-state index contributed by atoms with van der Waals surface area (Å²) in [5.74, 6) is -0.294. The lowest BCUT2D eigenvalue weighted by Crippen LogP contribution is -2.27. The number of fused-ring (bicyclic) bond motifs is 1. The van der Waals surface area contributed by atoms with E-state index in [-0.39, 0.29) is 5.82 Å². The third-order valence-electron chi connectivity index (χ3n) is 3.72. The van der Waals surface area contributed by atoms with Gasteiger partial charge in [-0.3, -0.25) is 0 Å². The molecular weight excluding hydrogens is 239 g/mol. The SMILES string of the molecule is Nc1cc(F)ccc1NC1CCc2ccccc2C1. The molecule has 0 fully saturated rings. The van der Waals surface area contributed by atoms with Crippen molar-refractivity contribution in [2.24, 2.45) is 0 Å². The summed E-state index contributed by atoms with van der Waals surface area (Å²) in [7, 11) is 0. The van der Waals surface area contributed by atoms with E-state index in [1.165, 1.54) is 23.3 Å². The Morgan fingerprint density at radius 1 is 1.11 bits per heavy atom. The number of hydrogen-bond donors (Lipinski definition) is 2. The molecule has 0 aromatic heterocycles. The highest BCUT2D eigenvalue weighted by Gasteiger charge is 2.18. The van der Waals surface area contributed by atoms with Crippen LogP contribution < -0.4 is 11.1 Å². The maximum absolute atomic E-state index is 13.0. The highest BCUT2D eigenvalue weighted by molar-refractivity contribution is 5.66. The highest BCUT2D eigenvalue weighted by Crippen LogP contribution is 2.26. The topological polar surface area (TPSA) is 38.0 Å². The van der Waals surface area contributed by atoms with E-state index >= 15 is 0 Å². The van der Waals surface area contributed by atoms with Crippen LogP contribution in [0.15, 0.2) is 42.5 Å². The van der Waals surface area contributed by atoms with Crippen LogP contribution in [0.5, 0.6) is 0 Å². The molecule has 0 heterocycles. The molecule has 98 valence electrons. The van der Waals surface area contributed by atoms with Crippen molar-refractivity contribution in [2.45, 2.75) is 25.3 Å². The van der Waals surface area contributed by atoms with Crippen molar-refractivity contribution >= 4 is 11.4 Å². The van der Waals surface area contributed by atoms with E-state index in [1.807, 2.05) is 0 Å². The lowest BCUT2D eigenvalue weighted by atomic mass is 9.88. The van der Waals surface area contributed by atoms with E-state index < -0.39 is 0 Å². The van der Waals surface area contributed by atoms with Gasteiger partial charge in [-0.25, -0.2) is 4.39 Å².